The van der Waals surface area contributed by atoms with E-state index < -0.39 is 0 Å². The van der Waals surface area contributed by atoms with Crippen molar-refractivity contribution in [3.8, 4) is 5.75 Å². The number of nitrogens with one attached hydrogen (secondary N) is 2. The van der Waals surface area contributed by atoms with Gasteiger partial charge in [-0.15, -0.1) is 0 Å². The number of amides is 1. The predicted octanol–water partition coefficient (Wildman–Crippen LogP) is 2.50. The molecular weight excluding hydrogens is 320 g/mol. The molecule has 1 heterocycles. The van der Waals surface area contributed by atoms with Crippen molar-refractivity contribution in [1.82, 2.24) is 10.6 Å². The Morgan fingerprint density at radius 2 is 2.35 bits per heavy atom. The van der Waals surface area contributed by atoms with Crippen LogP contribution in [-0.4, -0.2) is 32.7 Å². The first-order chi connectivity index (χ1) is 9.70. The molecule has 2 N–H and O–H groups in total. The lowest BCUT2D eigenvalue weighted by molar-refractivity contribution is 0.0954. The van der Waals surface area contributed by atoms with Crippen LogP contribution in [0.1, 0.15) is 23.2 Å². The molecular formula is C15H19BrN2O2. The van der Waals surface area contributed by atoms with Gasteiger partial charge in [-0.1, -0.05) is 11.6 Å². The van der Waals surface area contributed by atoms with Crippen LogP contribution in [0.3, 0.4) is 0 Å². The molecule has 0 saturated heterocycles. The number of hydrogen-bond acceptors (Lipinski definition) is 3. The van der Waals surface area contributed by atoms with Crippen LogP contribution in [0.5, 0.6) is 5.75 Å². The fraction of sp³-hybridized carbons (Fsp3) is 0.400. The molecule has 1 aromatic carbocycles. The highest BCUT2D eigenvalue weighted by molar-refractivity contribution is 9.10. The maximum absolute atomic E-state index is 12.0. The number of rotatable bonds is 5. The fourth-order valence-electron chi connectivity index (χ4n) is 2.14. The largest absolute Gasteiger partial charge is 0.496 e. The molecule has 1 aliphatic rings. The molecule has 1 amide bonds. The van der Waals surface area contributed by atoms with Gasteiger partial charge in [-0.3, -0.25) is 4.79 Å². The average Bonchev–Trinajstić information content (AvgIpc) is 2.48. The zero-order valence-corrected chi connectivity index (χ0v) is 13.1. The van der Waals surface area contributed by atoms with E-state index in [4.69, 9.17) is 4.74 Å². The number of ether oxygens (including phenoxy) is 1. The van der Waals surface area contributed by atoms with E-state index in [9.17, 15) is 4.79 Å². The van der Waals surface area contributed by atoms with Crippen molar-refractivity contribution in [2.75, 3.05) is 26.7 Å². The summed E-state index contributed by atoms with van der Waals surface area (Å²) >= 11 is 3.39. The molecule has 0 aliphatic carbocycles. The molecule has 1 aliphatic heterocycles. The molecule has 0 spiro atoms. The highest BCUT2D eigenvalue weighted by atomic mass is 79.9. The van der Waals surface area contributed by atoms with Crippen LogP contribution in [0.15, 0.2) is 34.3 Å². The van der Waals surface area contributed by atoms with Gasteiger partial charge >= 0.3 is 0 Å². The monoisotopic (exact) mass is 338 g/mol. The van der Waals surface area contributed by atoms with E-state index in [1.165, 1.54) is 5.57 Å². The molecule has 5 heteroatoms. The standard InChI is InChI=1S/C15H19BrN2O2/c1-20-14-3-2-12(10-13(14)16)15(19)18-9-6-11-4-7-17-8-5-11/h2-4,10,17H,5-9H2,1H3,(H,18,19). The van der Waals surface area contributed by atoms with Crippen molar-refractivity contribution in [2.24, 2.45) is 0 Å². The lowest BCUT2D eigenvalue weighted by Crippen LogP contribution is -2.26. The summed E-state index contributed by atoms with van der Waals surface area (Å²) in [6.07, 6.45) is 4.20. The molecule has 0 radical (unpaired) electrons. The minimum Gasteiger partial charge on any atom is -0.496 e. The van der Waals surface area contributed by atoms with Crippen molar-refractivity contribution in [3.63, 3.8) is 0 Å². The normalized spacial score (nSPS) is 14.6. The van der Waals surface area contributed by atoms with Gasteiger partial charge in [-0.2, -0.15) is 0 Å². The van der Waals surface area contributed by atoms with Crippen LogP contribution in [0.4, 0.5) is 0 Å². The van der Waals surface area contributed by atoms with Crippen LogP contribution in [0.2, 0.25) is 0 Å². The van der Waals surface area contributed by atoms with Crippen LogP contribution in [-0.2, 0) is 0 Å². The van der Waals surface area contributed by atoms with Crippen molar-refractivity contribution in [2.45, 2.75) is 12.8 Å². The highest BCUT2D eigenvalue weighted by Gasteiger charge is 2.09. The number of hydrogen-bond donors (Lipinski definition) is 2. The highest BCUT2D eigenvalue weighted by Crippen LogP contribution is 2.25. The average molecular weight is 339 g/mol. The Labute approximate surface area is 127 Å². The third kappa shape index (κ3) is 4.08. The molecule has 20 heavy (non-hydrogen) atoms. The maximum Gasteiger partial charge on any atom is 0.251 e. The lowest BCUT2D eigenvalue weighted by atomic mass is 10.1. The fourth-order valence-corrected chi connectivity index (χ4v) is 2.68. The molecule has 0 atom stereocenters. The Balaban J connectivity index is 1.85. The molecule has 0 fully saturated rings. The van der Waals surface area contributed by atoms with E-state index in [2.05, 4.69) is 32.6 Å². The van der Waals surface area contributed by atoms with E-state index >= 15 is 0 Å². The molecule has 108 valence electrons. The van der Waals surface area contributed by atoms with Crippen LogP contribution in [0, 0.1) is 0 Å². The first-order valence-corrected chi connectivity index (χ1v) is 7.50. The first-order valence-electron chi connectivity index (χ1n) is 6.71. The van der Waals surface area contributed by atoms with Gasteiger partial charge in [-0.05, 0) is 53.5 Å². The van der Waals surface area contributed by atoms with Gasteiger partial charge in [0.05, 0.1) is 11.6 Å². The second-order valence-electron chi connectivity index (χ2n) is 4.67. The van der Waals surface area contributed by atoms with Crippen molar-refractivity contribution < 1.29 is 9.53 Å². The lowest BCUT2D eigenvalue weighted by Gasteiger charge is -2.14. The van der Waals surface area contributed by atoms with Crippen molar-refractivity contribution in [3.05, 3.63) is 39.9 Å². The second-order valence-corrected chi connectivity index (χ2v) is 5.53. The molecule has 0 bridgehead atoms. The number of halogens is 1. The minimum absolute atomic E-state index is 0.0529. The molecule has 2 rings (SSSR count). The number of carbonyl (C=O) groups excluding carboxylic acids is 1. The van der Waals surface area contributed by atoms with Gasteiger partial charge in [0.25, 0.3) is 5.91 Å². The Hall–Kier alpha value is -1.33. The zero-order chi connectivity index (χ0) is 14.4. The minimum atomic E-state index is -0.0529. The van der Waals surface area contributed by atoms with Crippen molar-refractivity contribution in [1.29, 1.82) is 0 Å². The summed E-state index contributed by atoms with van der Waals surface area (Å²) in [6.45, 7) is 2.65. The van der Waals surface area contributed by atoms with Gasteiger partial charge in [0.2, 0.25) is 0 Å². The summed E-state index contributed by atoms with van der Waals surface area (Å²) in [7, 11) is 1.60. The second kappa shape index (κ2) is 7.45. The Kier molecular flexibility index (Phi) is 5.61. The van der Waals surface area contributed by atoms with Crippen molar-refractivity contribution >= 4 is 21.8 Å². The Morgan fingerprint density at radius 1 is 1.50 bits per heavy atom. The van der Waals surface area contributed by atoms with E-state index in [0.29, 0.717) is 12.1 Å². The molecule has 0 aromatic heterocycles. The number of carbonyl (C=O) groups is 1. The van der Waals surface area contributed by atoms with Crippen LogP contribution < -0.4 is 15.4 Å². The van der Waals surface area contributed by atoms with E-state index in [-0.39, 0.29) is 5.91 Å². The summed E-state index contributed by atoms with van der Waals surface area (Å²) in [5.41, 5.74) is 2.05. The number of methoxy groups -OCH3 is 1. The third-order valence-electron chi connectivity index (χ3n) is 3.30. The van der Waals surface area contributed by atoms with Gasteiger partial charge in [0.15, 0.2) is 0 Å². The predicted molar refractivity (Wildman–Crippen MR) is 83.2 cm³/mol. The smallest absolute Gasteiger partial charge is 0.251 e. The van der Waals surface area contributed by atoms with Gasteiger partial charge in [0, 0.05) is 18.7 Å². The summed E-state index contributed by atoms with van der Waals surface area (Å²) in [5, 5.41) is 6.23. The summed E-state index contributed by atoms with van der Waals surface area (Å²) in [4.78, 5) is 12.0. The van der Waals surface area contributed by atoms with E-state index in [0.717, 1.165) is 36.2 Å². The Bertz CT molecular complexity index is 515. The SMILES string of the molecule is COc1ccc(C(=O)NCCC2=CCNCC2)cc1Br. The topological polar surface area (TPSA) is 50.4 Å². The van der Waals surface area contributed by atoms with Gasteiger partial charge < -0.3 is 15.4 Å². The molecule has 0 saturated carbocycles. The van der Waals surface area contributed by atoms with E-state index in [1.54, 1.807) is 25.3 Å². The van der Waals surface area contributed by atoms with Gasteiger partial charge in [-0.25, -0.2) is 0 Å². The van der Waals surface area contributed by atoms with Crippen LogP contribution >= 0.6 is 15.9 Å². The number of benzene rings is 1. The zero-order valence-electron chi connectivity index (χ0n) is 11.5. The summed E-state index contributed by atoms with van der Waals surface area (Å²) in [5.74, 6) is 0.671. The Morgan fingerprint density at radius 3 is 3.00 bits per heavy atom. The summed E-state index contributed by atoms with van der Waals surface area (Å²) in [6, 6.07) is 5.33. The maximum atomic E-state index is 12.0. The van der Waals surface area contributed by atoms with Crippen LogP contribution in [0.25, 0.3) is 0 Å². The first kappa shape index (κ1) is 15.1. The van der Waals surface area contributed by atoms with E-state index in [1.807, 2.05) is 0 Å². The molecule has 0 unspecified atom stereocenters. The molecule has 4 nitrogen and oxygen atoms in total. The van der Waals surface area contributed by atoms with Gasteiger partial charge in [0.1, 0.15) is 5.75 Å². The molecule has 1 aromatic rings. The summed E-state index contributed by atoms with van der Waals surface area (Å²) < 4.78 is 5.93. The third-order valence-corrected chi connectivity index (χ3v) is 3.92. The quantitative estimate of drug-likeness (QED) is 0.811.